The van der Waals surface area contributed by atoms with Crippen LogP contribution in [0.15, 0.2) is 24.3 Å². The summed E-state index contributed by atoms with van der Waals surface area (Å²) in [5.41, 5.74) is 0. The van der Waals surface area contributed by atoms with E-state index in [1.165, 1.54) is 64.2 Å². The van der Waals surface area contributed by atoms with E-state index in [4.69, 9.17) is 18.5 Å². The van der Waals surface area contributed by atoms with Crippen molar-refractivity contribution in [3.05, 3.63) is 24.3 Å². The third kappa shape index (κ3) is 34.4. The van der Waals surface area contributed by atoms with Crippen LogP contribution in [0, 0.1) is 0 Å². The summed E-state index contributed by atoms with van der Waals surface area (Å²) >= 11 is 0. The van der Waals surface area contributed by atoms with Crippen molar-refractivity contribution in [2.45, 2.75) is 161 Å². The van der Waals surface area contributed by atoms with Crippen LogP contribution in [0.25, 0.3) is 0 Å². The molecule has 0 amide bonds. The third-order valence-electron chi connectivity index (χ3n) is 7.98. The molecule has 0 fully saturated rings. The molecule has 1 unspecified atom stereocenters. The molecular weight excluding hydrogens is 629 g/mol. The molecule has 0 aromatic heterocycles. The van der Waals surface area contributed by atoms with Gasteiger partial charge in [-0.3, -0.25) is 18.6 Å². The van der Waals surface area contributed by atoms with E-state index in [9.17, 15) is 19.0 Å². The Labute approximate surface area is 294 Å². The molecule has 0 spiro atoms. The normalized spacial score (nSPS) is 14.0. The van der Waals surface area contributed by atoms with Crippen molar-refractivity contribution in [1.29, 1.82) is 0 Å². The molecule has 0 aliphatic carbocycles. The van der Waals surface area contributed by atoms with Crippen LogP contribution in [-0.2, 0) is 32.7 Å². The van der Waals surface area contributed by atoms with Crippen LogP contribution in [0.4, 0.5) is 0 Å². The molecule has 0 aromatic carbocycles. The number of likely N-dealkylation sites (N-methyl/N-ethyl adjacent to an activating group) is 1. The second-order valence-electron chi connectivity index (χ2n) is 14.0. The third-order valence-corrected chi connectivity index (χ3v) is 8.97. The van der Waals surface area contributed by atoms with E-state index < -0.39 is 26.5 Å². The number of carbonyl (C=O) groups is 2. The Kier molecular flexibility index (Phi) is 30.5. The van der Waals surface area contributed by atoms with E-state index in [1.54, 1.807) is 0 Å². The van der Waals surface area contributed by atoms with Crippen LogP contribution in [0.2, 0.25) is 0 Å². The molecule has 0 radical (unpaired) electrons. The summed E-state index contributed by atoms with van der Waals surface area (Å²) in [6, 6.07) is 0. The minimum absolute atomic E-state index is 0.0307. The summed E-state index contributed by atoms with van der Waals surface area (Å²) in [4.78, 5) is 35.1. The standard InChI is InChI=1S/C38H72NO8P/c1-6-8-10-12-14-16-18-19-20-21-23-24-26-28-30-37(40)44-34-36(35-46-48(42,43)45-33-32-39(3,4)5)47-38(41)31-29-27-25-22-17-15-13-11-9-7-2/h12,14,18-19,36H,6-11,13,15-17,20-35H2,1-5H3/p+1/b14-12-,19-18-/t36-/m1/s1. The highest BCUT2D eigenvalue weighted by Gasteiger charge is 2.27. The van der Waals surface area contributed by atoms with Crippen LogP contribution in [0.1, 0.15) is 155 Å². The summed E-state index contributed by atoms with van der Waals surface area (Å²) in [7, 11) is 1.47. The smallest absolute Gasteiger partial charge is 0.462 e. The number of hydrogen-bond acceptors (Lipinski definition) is 7. The van der Waals surface area contributed by atoms with Crippen LogP contribution in [0.5, 0.6) is 0 Å². The number of phosphoric ester groups is 1. The molecule has 0 rings (SSSR count). The highest BCUT2D eigenvalue weighted by atomic mass is 31.2. The maximum absolute atomic E-state index is 12.6. The van der Waals surface area contributed by atoms with E-state index in [0.29, 0.717) is 17.4 Å². The zero-order valence-corrected chi connectivity index (χ0v) is 32.4. The van der Waals surface area contributed by atoms with Crippen molar-refractivity contribution in [3.63, 3.8) is 0 Å². The van der Waals surface area contributed by atoms with Crippen molar-refractivity contribution in [1.82, 2.24) is 0 Å². The predicted octanol–water partition coefficient (Wildman–Crippen LogP) is 10.0. The Bertz CT molecular complexity index is 886. The number of phosphoric acid groups is 1. The number of hydrogen-bond donors (Lipinski definition) is 1. The maximum atomic E-state index is 12.6. The molecule has 2 atom stereocenters. The minimum Gasteiger partial charge on any atom is -0.462 e. The summed E-state index contributed by atoms with van der Waals surface area (Å²) in [6.45, 7) is 4.33. The fourth-order valence-electron chi connectivity index (χ4n) is 4.91. The molecule has 48 heavy (non-hydrogen) atoms. The number of rotatable bonds is 34. The molecule has 282 valence electrons. The van der Waals surface area contributed by atoms with Crippen LogP contribution in [-0.4, -0.2) is 74.9 Å². The van der Waals surface area contributed by atoms with E-state index in [-0.39, 0.29) is 32.0 Å². The number of nitrogens with zero attached hydrogens (tertiary/aromatic N) is 1. The molecule has 0 aliphatic heterocycles. The number of allylic oxidation sites excluding steroid dienone is 4. The Hall–Kier alpha value is -1.51. The summed E-state index contributed by atoms with van der Waals surface area (Å²) in [5, 5.41) is 0. The lowest BCUT2D eigenvalue weighted by Crippen LogP contribution is -2.37. The van der Waals surface area contributed by atoms with Crippen LogP contribution in [0.3, 0.4) is 0 Å². The predicted molar refractivity (Wildman–Crippen MR) is 197 cm³/mol. The van der Waals surface area contributed by atoms with E-state index in [1.807, 2.05) is 21.1 Å². The highest BCUT2D eigenvalue weighted by molar-refractivity contribution is 7.47. The first-order valence-electron chi connectivity index (χ1n) is 19.1. The van der Waals surface area contributed by atoms with Crippen molar-refractivity contribution < 1.29 is 42.1 Å². The average Bonchev–Trinajstić information content (AvgIpc) is 3.02. The van der Waals surface area contributed by atoms with Crippen LogP contribution < -0.4 is 0 Å². The number of ether oxygens (including phenoxy) is 2. The SMILES string of the molecule is CCCC/C=C\C/C=C\CCCCCCCC(=O)OC[C@H](COP(=O)(O)OCC[N+](C)(C)C)OC(=O)CCCCCCCCCCCC. The lowest BCUT2D eigenvalue weighted by Gasteiger charge is -2.24. The Balaban J connectivity index is 4.45. The Morgan fingerprint density at radius 2 is 1.15 bits per heavy atom. The molecule has 0 aliphatic rings. The number of quaternary nitrogens is 1. The monoisotopic (exact) mass is 703 g/mol. The van der Waals surface area contributed by atoms with Gasteiger partial charge in [0.1, 0.15) is 19.8 Å². The van der Waals surface area contributed by atoms with Gasteiger partial charge in [-0.2, -0.15) is 0 Å². The average molecular weight is 703 g/mol. The molecule has 9 nitrogen and oxygen atoms in total. The van der Waals surface area contributed by atoms with Gasteiger partial charge in [0.05, 0.1) is 27.7 Å². The van der Waals surface area contributed by atoms with Gasteiger partial charge in [-0.15, -0.1) is 0 Å². The van der Waals surface area contributed by atoms with Gasteiger partial charge in [-0.1, -0.05) is 128 Å². The maximum Gasteiger partial charge on any atom is 0.472 e. The van der Waals surface area contributed by atoms with Crippen molar-refractivity contribution in [2.24, 2.45) is 0 Å². The number of esters is 2. The summed E-state index contributed by atoms with van der Waals surface area (Å²) in [6.07, 6.45) is 30.8. The first-order chi connectivity index (χ1) is 23.0. The van der Waals surface area contributed by atoms with Crippen molar-refractivity contribution in [3.8, 4) is 0 Å². The van der Waals surface area contributed by atoms with Gasteiger partial charge in [0.2, 0.25) is 0 Å². The molecule has 1 N–H and O–H groups in total. The van der Waals surface area contributed by atoms with Crippen LogP contribution >= 0.6 is 7.82 Å². The molecule has 10 heteroatoms. The zero-order valence-electron chi connectivity index (χ0n) is 31.5. The van der Waals surface area contributed by atoms with Gasteiger partial charge < -0.3 is 18.9 Å². The molecule has 0 saturated heterocycles. The number of carbonyl (C=O) groups excluding carboxylic acids is 2. The van der Waals surface area contributed by atoms with E-state index in [0.717, 1.165) is 57.8 Å². The van der Waals surface area contributed by atoms with Gasteiger partial charge in [0, 0.05) is 12.8 Å². The van der Waals surface area contributed by atoms with Gasteiger partial charge in [0.15, 0.2) is 6.10 Å². The second kappa shape index (κ2) is 31.5. The lowest BCUT2D eigenvalue weighted by atomic mass is 10.1. The van der Waals surface area contributed by atoms with Gasteiger partial charge in [-0.05, 0) is 38.5 Å². The van der Waals surface area contributed by atoms with Gasteiger partial charge in [-0.25, -0.2) is 4.57 Å². The van der Waals surface area contributed by atoms with Gasteiger partial charge in [0.25, 0.3) is 0 Å². The highest BCUT2D eigenvalue weighted by Crippen LogP contribution is 2.43. The van der Waals surface area contributed by atoms with Gasteiger partial charge >= 0.3 is 19.8 Å². The fourth-order valence-corrected chi connectivity index (χ4v) is 5.65. The molecule has 0 heterocycles. The minimum atomic E-state index is -4.36. The second-order valence-corrected chi connectivity index (χ2v) is 15.4. The van der Waals surface area contributed by atoms with Crippen molar-refractivity contribution >= 4 is 19.8 Å². The lowest BCUT2D eigenvalue weighted by molar-refractivity contribution is -0.870. The molecule has 0 bridgehead atoms. The molecule has 0 saturated carbocycles. The quantitative estimate of drug-likeness (QED) is 0.0232. The van der Waals surface area contributed by atoms with E-state index in [2.05, 4.69) is 38.2 Å². The van der Waals surface area contributed by atoms with Crippen molar-refractivity contribution in [2.75, 3.05) is 47.5 Å². The first-order valence-corrected chi connectivity index (χ1v) is 20.6. The van der Waals surface area contributed by atoms with E-state index >= 15 is 0 Å². The molecular formula is C38H73NO8P+. The summed E-state index contributed by atoms with van der Waals surface area (Å²) < 4.78 is 34.1. The molecule has 0 aromatic rings. The Morgan fingerprint density at radius 3 is 1.71 bits per heavy atom. The Morgan fingerprint density at radius 1 is 0.646 bits per heavy atom. The summed E-state index contributed by atoms with van der Waals surface area (Å²) in [5.74, 6) is -0.816. The largest absolute Gasteiger partial charge is 0.472 e. The number of unbranched alkanes of at least 4 members (excludes halogenated alkanes) is 16. The topological polar surface area (TPSA) is 108 Å². The first kappa shape index (κ1) is 46.5. The zero-order chi connectivity index (χ0) is 35.8. The fraction of sp³-hybridized carbons (Fsp3) is 0.842.